The number of amides is 2. The fourth-order valence-electron chi connectivity index (χ4n) is 3.67. The molecule has 38 heavy (non-hydrogen) atoms. The summed E-state index contributed by atoms with van der Waals surface area (Å²) in [4.78, 5) is 52.7. The number of anilines is 4. The molecule has 15 nitrogen and oxygen atoms in total. The number of β-lactam (4-membered cyclic amide) rings is 1. The minimum Gasteiger partial charge on any atom is -0.477 e. The number of hydrogen-bond donors (Lipinski definition) is 6. The molecule has 202 valence electrons. The van der Waals surface area contributed by atoms with Crippen molar-refractivity contribution in [2.45, 2.75) is 23.5 Å². The largest absolute Gasteiger partial charge is 0.477 e. The van der Waals surface area contributed by atoms with E-state index in [1.165, 1.54) is 28.4 Å². The van der Waals surface area contributed by atoms with Crippen LogP contribution in [0.25, 0.3) is 0 Å². The summed E-state index contributed by atoms with van der Waals surface area (Å²) in [5, 5.41) is 18.0. The monoisotopic (exact) mass is 581 g/mol. The predicted octanol–water partition coefficient (Wildman–Crippen LogP) is -1.04. The van der Waals surface area contributed by atoms with Crippen LogP contribution in [-0.2, 0) is 26.3 Å². The first-order valence-electron chi connectivity index (χ1n) is 11.0. The summed E-state index contributed by atoms with van der Waals surface area (Å²) < 4.78 is 1.55. The molecule has 18 heteroatoms. The standard InChI is InChI=1S/C20H24N10O5S3/c1-3-35-28-10(8-6-37-19(24)25-8)15(31)26-11-16(32)30-12(18(33)34)7(4-36-17(11)30)5-38-20-27-13(22)9(21)14(23)29(20)2/h6,11,17H,3-5H2,1-2H3,(H9,21,22,23,24,25,26,28,31,33,34)/p+1/t11?,17-/m1/s1. The second-order valence-corrected chi connectivity index (χ2v) is 10.9. The van der Waals surface area contributed by atoms with E-state index in [1.54, 1.807) is 23.9 Å². The van der Waals surface area contributed by atoms with Crippen LogP contribution >= 0.6 is 34.9 Å². The Morgan fingerprint density at radius 3 is 2.71 bits per heavy atom. The number of carboxylic acid groups (broad SMARTS) is 1. The third kappa shape index (κ3) is 5.01. The molecule has 0 aromatic carbocycles. The van der Waals surface area contributed by atoms with Crippen LogP contribution in [0.3, 0.4) is 0 Å². The van der Waals surface area contributed by atoms with E-state index in [1.807, 2.05) is 0 Å². The van der Waals surface area contributed by atoms with E-state index in [0.29, 0.717) is 16.5 Å². The summed E-state index contributed by atoms with van der Waals surface area (Å²) in [6.07, 6.45) is 0. The highest BCUT2D eigenvalue weighted by molar-refractivity contribution is 8.01. The zero-order valence-electron chi connectivity index (χ0n) is 20.2. The summed E-state index contributed by atoms with van der Waals surface area (Å²) in [5.74, 6) is -1.69. The van der Waals surface area contributed by atoms with Gasteiger partial charge in [-0.3, -0.25) is 14.5 Å². The van der Waals surface area contributed by atoms with Gasteiger partial charge in [0.1, 0.15) is 29.4 Å². The number of hydrogen-bond acceptors (Lipinski definition) is 14. The molecule has 1 fully saturated rings. The highest BCUT2D eigenvalue weighted by Crippen LogP contribution is 2.41. The van der Waals surface area contributed by atoms with Crippen molar-refractivity contribution in [3.63, 3.8) is 0 Å². The molecule has 2 aromatic heterocycles. The maximum Gasteiger partial charge on any atom is 0.352 e. The number of aromatic nitrogens is 3. The number of thioether (sulfide) groups is 2. The molecule has 0 bridgehead atoms. The molecule has 0 aliphatic carbocycles. The number of nitrogens with one attached hydrogen (secondary N) is 1. The van der Waals surface area contributed by atoms with Crippen LogP contribution in [0.2, 0.25) is 0 Å². The van der Waals surface area contributed by atoms with Gasteiger partial charge < -0.3 is 38.2 Å². The molecule has 2 aliphatic heterocycles. The van der Waals surface area contributed by atoms with E-state index in [9.17, 15) is 19.5 Å². The van der Waals surface area contributed by atoms with Gasteiger partial charge in [-0.05, 0) is 24.3 Å². The molecule has 2 aromatic rings. The van der Waals surface area contributed by atoms with Crippen LogP contribution in [0.4, 0.5) is 22.5 Å². The normalized spacial score (nSPS) is 19.2. The molecule has 0 radical (unpaired) electrons. The topological polar surface area (TPSA) is 242 Å². The number of rotatable bonds is 9. The Kier molecular flexibility index (Phi) is 7.83. The number of carboxylic acids is 1. The third-order valence-electron chi connectivity index (χ3n) is 5.59. The molecule has 4 rings (SSSR count). The van der Waals surface area contributed by atoms with Gasteiger partial charge in [-0.25, -0.2) is 14.3 Å². The van der Waals surface area contributed by atoms with Crippen molar-refractivity contribution >= 4 is 80.8 Å². The lowest BCUT2D eigenvalue weighted by Gasteiger charge is -2.49. The molecule has 2 aliphatic rings. The smallest absolute Gasteiger partial charge is 0.352 e. The third-order valence-corrected chi connectivity index (χ3v) is 8.72. The van der Waals surface area contributed by atoms with E-state index in [2.05, 4.69) is 20.4 Å². The highest BCUT2D eigenvalue weighted by Gasteiger charge is 2.54. The van der Waals surface area contributed by atoms with Crippen LogP contribution in [0, 0.1) is 0 Å². The lowest BCUT2D eigenvalue weighted by molar-refractivity contribution is -0.698. The van der Waals surface area contributed by atoms with E-state index >= 15 is 0 Å². The molecule has 2 amide bonds. The Morgan fingerprint density at radius 1 is 1.34 bits per heavy atom. The number of nitrogens with two attached hydrogens (primary N) is 4. The summed E-state index contributed by atoms with van der Waals surface area (Å²) in [5.41, 5.74) is 23.8. The van der Waals surface area contributed by atoms with Gasteiger partial charge in [0.2, 0.25) is 11.6 Å². The quantitative estimate of drug-likeness (QED) is 0.0518. The van der Waals surface area contributed by atoms with Gasteiger partial charge >= 0.3 is 11.1 Å². The maximum absolute atomic E-state index is 13.0. The number of aliphatic carboxylic acids is 1. The van der Waals surface area contributed by atoms with Crippen molar-refractivity contribution in [2.24, 2.45) is 12.2 Å². The molecule has 10 N–H and O–H groups in total. The minimum atomic E-state index is -1.26. The molecular weight excluding hydrogens is 556 g/mol. The summed E-state index contributed by atoms with van der Waals surface area (Å²) in [6.45, 7) is 1.91. The van der Waals surface area contributed by atoms with Crippen molar-refractivity contribution in [1.29, 1.82) is 0 Å². The second kappa shape index (κ2) is 10.9. The van der Waals surface area contributed by atoms with Gasteiger partial charge in [-0.15, -0.1) is 23.1 Å². The van der Waals surface area contributed by atoms with E-state index in [-0.39, 0.29) is 51.9 Å². The average molecular weight is 582 g/mol. The molecule has 0 spiro atoms. The lowest BCUT2D eigenvalue weighted by atomic mass is 10.0. The molecule has 1 saturated heterocycles. The van der Waals surface area contributed by atoms with E-state index in [4.69, 9.17) is 27.8 Å². The van der Waals surface area contributed by atoms with Gasteiger partial charge in [-0.1, -0.05) is 10.1 Å². The Bertz CT molecular complexity index is 1380. The SMILES string of the molecule is CCO/N=C(\C(=O)NC1C(=O)N2C(C(=O)O)=C(CSc3nc(N)c(N)c(N)[n+]3C)CS[C@H]12)c1csc(N)n1. The summed E-state index contributed by atoms with van der Waals surface area (Å²) >= 11 is 3.66. The number of oxime groups is 1. The first-order valence-corrected chi connectivity index (χ1v) is 13.9. The number of nitrogens with zero attached hydrogens (tertiary/aromatic N) is 5. The van der Waals surface area contributed by atoms with Crippen LogP contribution in [-0.4, -0.2) is 73.0 Å². The Labute approximate surface area is 228 Å². The minimum absolute atomic E-state index is 0.0673. The molecular formula is C20H25N10O5S3+. The number of fused-ring (bicyclic) bond motifs is 1. The molecule has 4 heterocycles. The maximum atomic E-state index is 13.0. The number of carbonyl (C=O) groups excluding carboxylic acids is 2. The van der Waals surface area contributed by atoms with Crippen molar-refractivity contribution in [1.82, 2.24) is 20.2 Å². The van der Waals surface area contributed by atoms with Gasteiger partial charge in [0.25, 0.3) is 11.8 Å². The molecule has 1 unspecified atom stereocenters. The lowest BCUT2D eigenvalue weighted by Crippen LogP contribution is -2.71. The zero-order chi connectivity index (χ0) is 27.7. The van der Waals surface area contributed by atoms with Crippen molar-refractivity contribution in [3.05, 3.63) is 22.3 Å². The van der Waals surface area contributed by atoms with Gasteiger partial charge in [0.15, 0.2) is 16.5 Å². The molecule has 0 saturated carbocycles. The van der Waals surface area contributed by atoms with Crippen LogP contribution in [0.1, 0.15) is 12.6 Å². The number of thiazole rings is 1. The first-order chi connectivity index (χ1) is 18.0. The predicted molar refractivity (Wildman–Crippen MR) is 144 cm³/mol. The van der Waals surface area contributed by atoms with Gasteiger partial charge in [-0.2, -0.15) is 0 Å². The number of nitrogen functional groups attached to an aromatic ring is 4. The van der Waals surface area contributed by atoms with E-state index in [0.717, 1.165) is 11.3 Å². The van der Waals surface area contributed by atoms with Gasteiger partial charge in [0.05, 0.1) is 7.05 Å². The summed E-state index contributed by atoms with van der Waals surface area (Å²) in [6, 6.07) is -0.963. The van der Waals surface area contributed by atoms with Crippen molar-refractivity contribution < 1.29 is 28.9 Å². The highest BCUT2D eigenvalue weighted by atomic mass is 32.2. The second-order valence-electron chi connectivity index (χ2n) is 7.97. The average Bonchev–Trinajstić information content (AvgIpc) is 3.32. The first kappa shape index (κ1) is 27.3. The van der Waals surface area contributed by atoms with Crippen LogP contribution in [0.15, 0.2) is 27.0 Å². The fourth-order valence-corrected chi connectivity index (χ4v) is 6.69. The van der Waals surface area contributed by atoms with Gasteiger partial charge in [0, 0.05) is 16.9 Å². The molecule has 2 atom stereocenters. The van der Waals surface area contributed by atoms with Crippen molar-refractivity contribution in [3.8, 4) is 0 Å². The van der Waals surface area contributed by atoms with Crippen LogP contribution < -0.4 is 32.8 Å². The number of carbonyl (C=O) groups is 3. The summed E-state index contributed by atoms with van der Waals surface area (Å²) in [7, 11) is 1.66. The Hall–Kier alpha value is -3.77. The zero-order valence-corrected chi connectivity index (χ0v) is 22.7. The Balaban J connectivity index is 1.51. The fraction of sp³-hybridized carbons (Fsp3) is 0.350. The Morgan fingerprint density at radius 2 is 2.08 bits per heavy atom. The van der Waals surface area contributed by atoms with Crippen molar-refractivity contribution in [2.75, 3.05) is 41.0 Å². The van der Waals surface area contributed by atoms with E-state index < -0.39 is 29.2 Å². The van der Waals surface area contributed by atoms with Crippen LogP contribution in [0.5, 0.6) is 0 Å².